The van der Waals surface area contributed by atoms with Gasteiger partial charge in [0.2, 0.25) is 5.91 Å². The van der Waals surface area contributed by atoms with E-state index in [1.54, 1.807) is 6.20 Å². The first-order valence-electron chi connectivity index (χ1n) is 11.0. The first-order valence-corrected chi connectivity index (χ1v) is 11.0. The Morgan fingerprint density at radius 3 is 2.46 bits per heavy atom. The molecule has 0 fully saturated rings. The molecule has 2 aromatic carbocycles. The predicted molar refractivity (Wildman–Crippen MR) is 127 cm³/mol. The first kappa shape index (κ1) is 23.6. The molecule has 0 bridgehead atoms. The zero-order valence-corrected chi connectivity index (χ0v) is 18.7. The van der Waals surface area contributed by atoms with Gasteiger partial charge in [-0.25, -0.2) is 14.6 Å². The number of alkyl carbamates (subject to hydrolysis) is 1. The van der Waals surface area contributed by atoms with Gasteiger partial charge in [0.1, 0.15) is 18.7 Å². The van der Waals surface area contributed by atoms with Crippen LogP contribution in [0.2, 0.25) is 0 Å². The second-order valence-corrected chi connectivity index (χ2v) is 8.00. The maximum absolute atomic E-state index is 13.2. The number of carboxylic acid groups (broad SMARTS) is 1. The van der Waals surface area contributed by atoms with Crippen LogP contribution in [0.15, 0.2) is 73.3 Å². The summed E-state index contributed by atoms with van der Waals surface area (Å²) >= 11 is 0. The van der Waals surface area contributed by atoms with E-state index in [1.165, 1.54) is 12.5 Å². The Bertz CT molecular complexity index is 1290. The summed E-state index contributed by atoms with van der Waals surface area (Å²) < 4.78 is 5.29. The lowest BCUT2D eigenvalue weighted by Gasteiger charge is -2.21. The summed E-state index contributed by atoms with van der Waals surface area (Å²) in [7, 11) is 0. The number of benzene rings is 2. The highest BCUT2D eigenvalue weighted by molar-refractivity contribution is 5.91. The van der Waals surface area contributed by atoms with Gasteiger partial charge < -0.3 is 30.4 Å². The van der Waals surface area contributed by atoms with Crippen molar-refractivity contribution < 1.29 is 24.2 Å². The number of carbonyl (C=O) groups excluding carboxylic acids is 2. The van der Waals surface area contributed by atoms with E-state index in [9.17, 15) is 19.5 Å². The third-order valence-corrected chi connectivity index (χ3v) is 5.51. The van der Waals surface area contributed by atoms with E-state index in [4.69, 9.17) is 4.74 Å². The molecule has 2 aromatic heterocycles. The van der Waals surface area contributed by atoms with Gasteiger partial charge in [-0.2, -0.15) is 0 Å². The van der Waals surface area contributed by atoms with Gasteiger partial charge >= 0.3 is 12.1 Å². The highest BCUT2D eigenvalue weighted by Crippen LogP contribution is 2.19. The molecule has 10 heteroatoms. The van der Waals surface area contributed by atoms with Crippen molar-refractivity contribution >= 4 is 28.9 Å². The normalized spacial score (nSPS) is 12.6. The van der Waals surface area contributed by atoms with Gasteiger partial charge in [-0.15, -0.1) is 0 Å². The number of rotatable bonds is 10. The Morgan fingerprint density at radius 2 is 1.71 bits per heavy atom. The number of fused-ring (bicyclic) bond motifs is 1. The van der Waals surface area contributed by atoms with Gasteiger partial charge in [0, 0.05) is 41.8 Å². The van der Waals surface area contributed by atoms with Crippen LogP contribution in [0.25, 0.3) is 10.9 Å². The molecule has 35 heavy (non-hydrogen) atoms. The molecule has 4 rings (SSSR count). The lowest BCUT2D eigenvalue weighted by atomic mass is 10.0. The summed E-state index contributed by atoms with van der Waals surface area (Å²) in [6.07, 6.45) is 4.05. The second-order valence-electron chi connectivity index (χ2n) is 8.00. The fourth-order valence-corrected chi connectivity index (χ4v) is 3.73. The topological polar surface area (TPSA) is 149 Å². The van der Waals surface area contributed by atoms with Crippen molar-refractivity contribution in [2.75, 3.05) is 0 Å². The average molecular weight is 476 g/mol. The first-order chi connectivity index (χ1) is 17.0. The van der Waals surface area contributed by atoms with Crippen molar-refractivity contribution in [2.45, 2.75) is 31.5 Å². The molecule has 0 aliphatic heterocycles. The number of hydrogen-bond acceptors (Lipinski definition) is 5. The van der Waals surface area contributed by atoms with Crippen LogP contribution in [0.5, 0.6) is 0 Å². The highest BCUT2D eigenvalue weighted by atomic mass is 16.5. The number of imidazole rings is 1. The Labute approximate surface area is 200 Å². The summed E-state index contributed by atoms with van der Waals surface area (Å²) in [6, 6.07) is 14.4. The van der Waals surface area contributed by atoms with Crippen LogP contribution in [0.1, 0.15) is 16.8 Å². The van der Waals surface area contributed by atoms with Crippen LogP contribution < -0.4 is 10.6 Å². The van der Waals surface area contributed by atoms with Crippen molar-refractivity contribution in [1.82, 2.24) is 25.6 Å². The molecular weight excluding hydrogens is 450 g/mol. The molecule has 4 aromatic rings. The molecule has 180 valence electrons. The molecule has 10 nitrogen and oxygen atoms in total. The average Bonchev–Trinajstić information content (AvgIpc) is 3.52. The standard InChI is InChI=1S/C25H25N5O5/c31-23(29-22(24(32)33)11-18-13-26-15-28-18)21(10-17-12-27-20-9-5-4-8-19(17)20)30-25(34)35-14-16-6-2-1-3-7-16/h1-9,12-13,15,21-22,27H,10-11,14H2,(H,26,28)(H,29,31)(H,30,34)(H,32,33)/t21-,22-/m0/s1. The zero-order valence-electron chi connectivity index (χ0n) is 18.7. The van der Waals surface area contributed by atoms with E-state index in [1.807, 2.05) is 54.6 Å². The number of aromatic nitrogens is 3. The van der Waals surface area contributed by atoms with E-state index < -0.39 is 30.1 Å². The summed E-state index contributed by atoms with van der Waals surface area (Å²) in [5.74, 6) is -1.84. The summed E-state index contributed by atoms with van der Waals surface area (Å²) in [5, 5.41) is 15.6. The van der Waals surface area contributed by atoms with Crippen molar-refractivity contribution in [3.8, 4) is 0 Å². The molecule has 2 atom stereocenters. The van der Waals surface area contributed by atoms with E-state index in [-0.39, 0.29) is 19.4 Å². The Balaban J connectivity index is 1.49. The van der Waals surface area contributed by atoms with E-state index in [0.29, 0.717) is 5.69 Å². The lowest BCUT2D eigenvalue weighted by molar-refractivity contribution is -0.142. The number of carbonyl (C=O) groups is 3. The van der Waals surface area contributed by atoms with Crippen molar-refractivity contribution in [1.29, 1.82) is 0 Å². The number of amides is 2. The summed E-state index contributed by atoms with van der Waals surface area (Å²) in [4.78, 5) is 47.4. The zero-order chi connectivity index (χ0) is 24.6. The number of carboxylic acids is 1. The molecule has 0 aliphatic carbocycles. The van der Waals surface area contributed by atoms with Crippen LogP contribution in [-0.4, -0.2) is 50.1 Å². The minimum absolute atomic E-state index is 0.0132. The van der Waals surface area contributed by atoms with Crippen LogP contribution in [-0.2, 0) is 33.8 Å². The monoisotopic (exact) mass is 475 g/mol. The Kier molecular flexibility index (Phi) is 7.41. The van der Waals surface area contributed by atoms with Crippen LogP contribution in [0.3, 0.4) is 0 Å². The third kappa shape index (κ3) is 6.26. The van der Waals surface area contributed by atoms with Gasteiger partial charge in [0.05, 0.1) is 6.33 Å². The van der Waals surface area contributed by atoms with Crippen LogP contribution in [0, 0.1) is 0 Å². The molecule has 0 spiro atoms. The number of aromatic amines is 2. The minimum Gasteiger partial charge on any atom is -0.480 e. The maximum atomic E-state index is 13.2. The quantitative estimate of drug-likeness (QED) is 0.238. The predicted octanol–water partition coefficient (Wildman–Crippen LogP) is 2.54. The maximum Gasteiger partial charge on any atom is 0.408 e. The van der Waals surface area contributed by atoms with Crippen LogP contribution in [0.4, 0.5) is 4.79 Å². The van der Waals surface area contributed by atoms with E-state index in [2.05, 4.69) is 25.6 Å². The number of hydrogen-bond donors (Lipinski definition) is 5. The van der Waals surface area contributed by atoms with Gasteiger partial charge in [0.25, 0.3) is 0 Å². The SMILES string of the molecule is O=C(N[C@@H](Cc1c[nH]c2ccccc12)C(=O)N[C@@H](Cc1cnc[nH]1)C(=O)O)OCc1ccccc1. The van der Waals surface area contributed by atoms with E-state index >= 15 is 0 Å². The number of nitrogens with zero attached hydrogens (tertiary/aromatic N) is 1. The summed E-state index contributed by atoms with van der Waals surface area (Å²) in [6.45, 7) is 0.0334. The third-order valence-electron chi connectivity index (χ3n) is 5.51. The molecule has 0 saturated carbocycles. The molecule has 0 unspecified atom stereocenters. The fourth-order valence-electron chi connectivity index (χ4n) is 3.73. The Hall–Kier alpha value is -4.60. The molecule has 0 aliphatic rings. The van der Waals surface area contributed by atoms with E-state index in [0.717, 1.165) is 22.0 Å². The van der Waals surface area contributed by atoms with Crippen LogP contribution >= 0.6 is 0 Å². The lowest BCUT2D eigenvalue weighted by Crippen LogP contribution is -2.53. The van der Waals surface area contributed by atoms with Crippen molar-refractivity contribution in [3.63, 3.8) is 0 Å². The number of ether oxygens (including phenoxy) is 1. The largest absolute Gasteiger partial charge is 0.480 e. The number of aliphatic carboxylic acids is 1. The second kappa shape index (κ2) is 11.0. The number of nitrogens with one attached hydrogen (secondary N) is 4. The van der Waals surface area contributed by atoms with Gasteiger partial charge in [0.15, 0.2) is 0 Å². The van der Waals surface area contributed by atoms with Gasteiger partial charge in [-0.1, -0.05) is 48.5 Å². The molecule has 0 saturated heterocycles. The van der Waals surface area contributed by atoms with Crippen molar-refractivity contribution in [3.05, 3.63) is 90.1 Å². The van der Waals surface area contributed by atoms with Crippen molar-refractivity contribution in [2.24, 2.45) is 0 Å². The molecule has 0 radical (unpaired) electrons. The summed E-state index contributed by atoms with van der Waals surface area (Å²) in [5.41, 5.74) is 3.03. The molecule has 2 amide bonds. The minimum atomic E-state index is -1.21. The number of H-pyrrole nitrogens is 2. The molecule has 2 heterocycles. The van der Waals surface area contributed by atoms with Gasteiger partial charge in [-0.3, -0.25) is 4.79 Å². The van der Waals surface area contributed by atoms with Gasteiger partial charge in [-0.05, 0) is 17.2 Å². The smallest absolute Gasteiger partial charge is 0.408 e. The molecular formula is C25H25N5O5. The highest BCUT2D eigenvalue weighted by Gasteiger charge is 2.28. The molecule has 5 N–H and O–H groups in total. The number of para-hydroxylation sites is 1. The fraction of sp³-hybridized carbons (Fsp3) is 0.200. The Morgan fingerprint density at radius 1 is 0.943 bits per heavy atom.